The molecule has 2 aliphatic rings. The Kier molecular flexibility index (Phi) is 5.35. The molecule has 0 N–H and O–H groups in total. The molecule has 0 radical (unpaired) electrons. The zero-order valence-electron chi connectivity index (χ0n) is 16.3. The van der Waals surface area contributed by atoms with Crippen LogP contribution in [0.5, 0.6) is 11.5 Å². The molecule has 1 atom stereocenters. The number of hydrogen-bond donors (Lipinski definition) is 0. The van der Waals surface area contributed by atoms with Gasteiger partial charge in [0.25, 0.3) is 0 Å². The molecule has 27 heavy (non-hydrogen) atoms. The molecular weight excluding hydrogens is 341 g/mol. The molecule has 0 amide bonds. The van der Waals surface area contributed by atoms with Gasteiger partial charge < -0.3 is 9.47 Å². The first-order valence-electron chi connectivity index (χ1n) is 10.0. The SMILES string of the molecule is CCCN1CCc2cc(OC)cc3c2[C@H]1Cc1cccc(OCCCF)c1-3. The number of alkyl halides is 1. The zero-order valence-corrected chi connectivity index (χ0v) is 16.3. The molecule has 0 spiro atoms. The largest absolute Gasteiger partial charge is 0.497 e. The minimum absolute atomic E-state index is 0.350. The first kappa shape index (κ1) is 18.3. The van der Waals surface area contributed by atoms with Crippen LogP contribution in [0.3, 0.4) is 0 Å². The Morgan fingerprint density at radius 2 is 2.11 bits per heavy atom. The van der Waals surface area contributed by atoms with Gasteiger partial charge in [0.2, 0.25) is 0 Å². The van der Waals surface area contributed by atoms with Crippen molar-refractivity contribution in [2.24, 2.45) is 0 Å². The van der Waals surface area contributed by atoms with Crippen LogP contribution < -0.4 is 9.47 Å². The van der Waals surface area contributed by atoms with Crippen molar-refractivity contribution in [3.8, 4) is 22.6 Å². The van der Waals surface area contributed by atoms with E-state index in [1.54, 1.807) is 7.11 Å². The van der Waals surface area contributed by atoms with Crippen LogP contribution in [0.2, 0.25) is 0 Å². The number of methoxy groups -OCH3 is 1. The van der Waals surface area contributed by atoms with E-state index < -0.39 is 0 Å². The highest BCUT2D eigenvalue weighted by Gasteiger charge is 2.35. The third-order valence-corrected chi connectivity index (χ3v) is 5.76. The van der Waals surface area contributed by atoms with Crippen LogP contribution >= 0.6 is 0 Å². The normalized spacial score (nSPS) is 18.0. The Morgan fingerprint density at radius 3 is 2.89 bits per heavy atom. The smallest absolute Gasteiger partial charge is 0.127 e. The van der Waals surface area contributed by atoms with Crippen molar-refractivity contribution in [1.82, 2.24) is 4.90 Å². The monoisotopic (exact) mass is 369 g/mol. The third kappa shape index (κ3) is 3.31. The van der Waals surface area contributed by atoms with Gasteiger partial charge in [-0.15, -0.1) is 0 Å². The van der Waals surface area contributed by atoms with Gasteiger partial charge >= 0.3 is 0 Å². The number of nitrogens with zero attached hydrogens (tertiary/aromatic N) is 1. The quantitative estimate of drug-likeness (QED) is 0.644. The van der Waals surface area contributed by atoms with Gasteiger partial charge in [0.05, 0.1) is 20.4 Å². The van der Waals surface area contributed by atoms with E-state index in [-0.39, 0.29) is 6.67 Å². The van der Waals surface area contributed by atoms with E-state index in [1.165, 1.54) is 27.8 Å². The standard InChI is InChI=1S/C23H28FNO2/c1-3-10-25-11-8-17-13-18(26-2)15-19-22(17)20(25)14-16-6-4-7-21(23(16)19)27-12-5-9-24/h4,6-7,13,15,20H,3,5,8-12,14H2,1-2H3/t20-/m1/s1. The van der Waals surface area contributed by atoms with Crippen LogP contribution in [0, 0.1) is 0 Å². The number of halogens is 1. The average Bonchev–Trinajstić information content (AvgIpc) is 2.70. The summed E-state index contributed by atoms with van der Waals surface area (Å²) in [4.78, 5) is 2.62. The second kappa shape index (κ2) is 7.89. The first-order valence-corrected chi connectivity index (χ1v) is 10.0. The molecule has 0 bridgehead atoms. The van der Waals surface area contributed by atoms with Crippen LogP contribution in [-0.4, -0.2) is 38.4 Å². The molecule has 2 aromatic carbocycles. The fourth-order valence-corrected chi connectivity index (χ4v) is 4.62. The maximum absolute atomic E-state index is 12.5. The van der Waals surface area contributed by atoms with Crippen molar-refractivity contribution < 1.29 is 13.9 Å². The van der Waals surface area contributed by atoms with Gasteiger partial charge in [-0.25, -0.2) is 0 Å². The van der Waals surface area contributed by atoms with Gasteiger partial charge in [0, 0.05) is 24.6 Å². The second-order valence-corrected chi connectivity index (χ2v) is 7.43. The lowest BCUT2D eigenvalue weighted by Crippen LogP contribution is -2.38. The molecule has 1 aliphatic carbocycles. The molecule has 0 unspecified atom stereocenters. The summed E-state index contributed by atoms with van der Waals surface area (Å²) < 4.78 is 24.1. The topological polar surface area (TPSA) is 21.7 Å². The summed E-state index contributed by atoms with van der Waals surface area (Å²) in [5.74, 6) is 1.76. The summed E-state index contributed by atoms with van der Waals surface area (Å²) in [6.07, 6.45) is 3.64. The van der Waals surface area contributed by atoms with Crippen molar-refractivity contribution >= 4 is 0 Å². The Hall–Kier alpha value is -2.07. The van der Waals surface area contributed by atoms with Crippen LogP contribution in [0.1, 0.15) is 42.5 Å². The van der Waals surface area contributed by atoms with Gasteiger partial charge in [-0.3, -0.25) is 9.29 Å². The number of fused-ring (bicyclic) bond motifs is 2. The second-order valence-electron chi connectivity index (χ2n) is 7.43. The maximum atomic E-state index is 12.5. The van der Waals surface area contributed by atoms with Gasteiger partial charge in [0.15, 0.2) is 0 Å². The predicted octanol–water partition coefficient (Wildman–Crippen LogP) is 4.97. The van der Waals surface area contributed by atoms with E-state index in [9.17, 15) is 4.39 Å². The molecular formula is C23H28FNO2. The van der Waals surface area contributed by atoms with Crippen molar-refractivity contribution in [2.45, 2.75) is 38.6 Å². The minimum Gasteiger partial charge on any atom is -0.497 e. The molecule has 0 aromatic heterocycles. The summed E-state index contributed by atoms with van der Waals surface area (Å²) in [6.45, 7) is 4.53. The highest BCUT2D eigenvalue weighted by Crippen LogP contribution is 2.49. The predicted molar refractivity (Wildman–Crippen MR) is 107 cm³/mol. The molecule has 144 valence electrons. The molecule has 1 heterocycles. The van der Waals surface area contributed by atoms with Gasteiger partial charge in [-0.2, -0.15) is 0 Å². The van der Waals surface area contributed by atoms with Gasteiger partial charge in [-0.1, -0.05) is 19.1 Å². The molecule has 0 saturated heterocycles. The lowest BCUT2D eigenvalue weighted by molar-refractivity contribution is 0.182. The highest BCUT2D eigenvalue weighted by atomic mass is 19.1. The van der Waals surface area contributed by atoms with Crippen LogP contribution in [-0.2, 0) is 12.8 Å². The first-order chi connectivity index (χ1) is 13.3. The number of hydrogen-bond acceptors (Lipinski definition) is 3. The van der Waals surface area contributed by atoms with Crippen LogP contribution in [0.25, 0.3) is 11.1 Å². The summed E-state index contributed by atoms with van der Waals surface area (Å²) in [7, 11) is 1.73. The van der Waals surface area contributed by atoms with E-state index in [2.05, 4.69) is 36.1 Å². The van der Waals surface area contributed by atoms with E-state index in [1.807, 2.05) is 6.07 Å². The zero-order chi connectivity index (χ0) is 18.8. The summed E-state index contributed by atoms with van der Waals surface area (Å²) in [5.41, 5.74) is 6.54. The summed E-state index contributed by atoms with van der Waals surface area (Å²) in [5, 5.41) is 0. The van der Waals surface area contributed by atoms with Crippen LogP contribution in [0.4, 0.5) is 4.39 Å². The molecule has 4 rings (SSSR count). The Bertz CT molecular complexity index is 820. The molecule has 0 saturated carbocycles. The number of rotatable bonds is 7. The van der Waals surface area contributed by atoms with Crippen molar-refractivity contribution in [1.29, 1.82) is 0 Å². The Balaban J connectivity index is 1.84. The van der Waals surface area contributed by atoms with E-state index in [0.29, 0.717) is 19.1 Å². The Labute approximate surface area is 161 Å². The van der Waals surface area contributed by atoms with E-state index in [4.69, 9.17) is 9.47 Å². The van der Waals surface area contributed by atoms with Crippen molar-refractivity contribution in [3.05, 3.63) is 47.0 Å². The van der Waals surface area contributed by atoms with Crippen LogP contribution in [0.15, 0.2) is 30.3 Å². The summed E-state index contributed by atoms with van der Waals surface area (Å²) in [6, 6.07) is 11.0. The molecule has 4 heteroatoms. The number of ether oxygens (including phenoxy) is 2. The highest BCUT2D eigenvalue weighted by molar-refractivity contribution is 5.81. The summed E-state index contributed by atoms with van der Waals surface area (Å²) >= 11 is 0. The lowest BCUT2D eigenvalue weighted by atomic mass is 9.76. The molecule has 1 aliphatic heterocycles. The lowest BCUT2D eigenvalue weighted by Gasteiger charge is -2.42. The fourth-order valence-electron chi connectivity index (χ4n) is 4.62. The molecule has 2 aromatic rings. The Morgan fingerprint density at radius 1 is 1.22 bits per heavy atom. The third-order valence-electron chi connectivity index (χ3n) is 5.76. The molecule has 3 nitrogen and oxygen atoms in total. The van der Waals surface area contributed by atoms with Crippen molar-refractivity contribution in [3.63, 3.8) is 0 Å². The average molecular weight is 369 g/mol. The number of benzene rings is 2. The van der Waals surface area contributed by atoms with E-state index >= 15 is 0 Å². The fraction of sp³-hybridized carbons (Fsp3) is 0.478. The van der Waals surface area contributed by atoms with Gasteiger partial charge in [0.1, 0.15) is 11.5 Å². The van der Waals surface area contributed by atoms with Crippen molar-refractivity contribution in [2.75, 3.05) is 33.5 Å². The van der Waals surface area contributed by atoms with E-state index in [0.717, 1.165) is 43.9 Å². The molecule has 0 fully saturated rings. The van der Waals surface area contributed by atoms with Gasteiger partial charge in [-0.05, 0) is 66.3 Å². The maximum Gasteiger partial charge on any atom is 0.127 e. The minimum atomic E-state index is -0.350.